The molecule has 1 heterocycles. The van der Waals surface area contributed by atoms with Crippen LogP contribution in [0.15, 0.2) is 18.2 Å². The van der Waals surface area contributed by atoms with Gasteiger partial charge in [0.25, 0.3) is 5.91 Å². The predicted molar refractivity (Wildman–Crippen MR) is 94.2 cm³/mol. The van der Waals surface area contributed by atoms with Crippen molar-refractivity contribution < 1.29 is 22.7 Å². The standard InChI is InChI=1S/C16H25N3O5S/c1-12-3-4-15(24-7-5-17)14(9-12)16(20)18-10-13-11-19(6-8-23-13)25(2,21)22/h3-4,9,13H,5-8,10-11,17H2,1-2H3,(H,18,20)/t13-/m1/s1. The number of hydrogen-bond acceptors (Lipinski definition) is 6. The van der Waals surface area contributed by atoms with E-state index in [1.165, 1.54) is 10.6 Å². The average Bonchev–Trinajstić information content (AvgIpc) is 2.58. The summed E-state index contributed by atoms with van der Waals surface area (Å²) in [5.74, 6) is 0.173. The van der Waals surface area contributed by atoms with E-state index in [4.69, 9.17) is 15.2 Å². The van der Waals surface area contributed by atoms with E-state index in [-0.39, 0.29) is 25.1 Å². The van der Waals surface area contributed by atoms with Gasteiger partial charge in [-0.15, -0.1) is 0 Å². The van der Waals surface area contributed by atoms with Crippen LogP contribution in [-0.2, 0) is 14.8 Å². The molecular weight excluding hydrogens is 346 g/mol. The molecule has 1 amide bonds. The fourth-order valence-electron chi connectivity index (χ4n) is 2.53. The number of nitrogens with one attached hydrogen (secondary N) is 1. The molecule has 140 valence electrons. The molecule has 25 heavy (non-hydrogen) atoms. The van der Waals surface area contributed by atoms with E-state index in [0.717, 1.165) is 5.56 Å². The number of amides is 1. The highest BCUT2D eigenvalue weighted by Gasteiger charge is 2.27. The summed E-state index contributed by atoms with van der Waals surface area (Å²) in [4.78, 5) is 12.5. The number of carbonyl (C=O) groups excluding carboxylic acids is 1. The molecule has 0 aromatic heterocycles. The lowest BCUT2D eigenvalue weighted by Crippen LogP contribution is -2.49. The number of nitrogens with two attached hydrogens (primary N) is 1. The average molecular weight is 371 g/mol. The van der Waals surface area contributed by atoms with E-state index < -0.39 is 10.0 Å². The highest BCUT2D eigenvalue weighted by Crippen LogP contribution is 2.20. The molecule has 1 aliphatic heterocycles. The molecule has 1 atom stereocenters. The summed E-state index contributed by atoms with van der Waals surface area (Å²) >= 11 is 0. The van der Waals surface area contributed by atoms with Crippen LogP contribution in [0.3, 0.4) is 0 Å². The van der Waals surface area contributed by atoms with Crippen LogP contribution in [0.1, 0.15) is 15.9 Å². The molecule has 3 N–H and O–H groups in total. The zero-order valence-electron chi connectivity index (χ0n) is 14.5. The summed E-state index contributed by atoms with van der Waals surface area (Å²) in [6, 6.07) is 5.34. The van der Waals surface area contributed by atoms with Crippen LogP contribution in [0.25, 0.3) is 0 Å². The first kappa shape index (κ1) is 19.6. The molecule has 0 spiro atoms. The lowest BCUT2D eigenvalue weighted by molar-refractivity contribution is 0.000422. The Bertz CT molecular complexity index is 708. The lowest BCUT2D eigenvalue weighted by Gasteiger charge is -2.31. The van der Waals surface area contributed by atoms with Gasteiger partial charge in [0.15, 0.2) is 0 Å². The normalized spacial score (nSPS) is 18.8. The molecule has 0 aliphatic carbocycles. The van der Waals surface area contributed by atoms with Crippen LogP contribution in [0.2, 0.25) is 0 Å². The monoisotopic (exact) mass is 371 g/mol. The Morgan fingerprint density at radius 3 is 2.92 bits per heavy atom. The largest absolute Gasteiger partial charge is 0.491 e. The molecule has 2 rings (SSSR count). The van der Waals surface area contributed by atoms with Crippen LogP contribution in [0, 0.1) is 6.92 Å². The molecule has 1 aliphatic rings. The minimum Gasteiger partial charge on any atom is -0.491 e. The van der Waals surface area contributed by atoms with Crippen molar-refractivity contribution in [2.24, 2.45) is 5.73 Å². The van der Waals surface area contributed by atoms with Crippen LogP contribution in [0.5, 0.6) is 5.75 Å². The number of sulfonamides is 1. The Hall–Kier alpha value is -1.68. The highest BCUT2D eigenvalue weighted by atomic mass is 32.2. The molecule has 0 radical (unpaired) electrons. The van der Waals surface area contributed by atoms with E-state index in [2.05, 4.69) is 5.32 Å². The van der Waals surface area contributed by atoms with Crippen LogP contribution >= 0.6 is 0 Å². The summed E-state index contributed by atoms with van der Waals surface area (Å²) in [7, 11) is -3.26. The molecule has 1 saturated heterocycles. The fourth-order valence-corrected chi connectivity index (χ4v) is 3.38. The fraction of sp³-hybridized carbons (Fsp3) is 0.562. The first-order valence-electron chi connectivity index (χ1n) is 8.09. The third-order valence-corrected chi connectivity index (χ3v) is 5.09. The first-order chi connectivity index (χ1) is 11.8. The van der Waals surface area contributed by atoms with Crippen LogP contribution in [-0.4, -0.2) is 70.4 Å². The second kappa shape index (κ2) is 8.61. The van der Waals surface area contributed by atoms with Crippen molar-refractivity contribution in [3.63, 3.8) is 0 Å². The smallest absolute Gasteiger partial charge is 0.255 e. The highest BCUT2D eigenvalue weighted by molar-refractivity contribution is 7.88. The molecule has 1 aromatic rings. The Labute approximate surface area is 148 Å². The van der Waals surface area contributed by atoms with Crippen molar-refractivity contribution in [1.29, 1.82) is 0 Å². The Balaban J connectivity index is 1.99. The van der Waals surface area contributed by atoms with E-state index >= 15 is 0 Å². The van der Waals surface area contributed by atoms with E-state index in [1.807, 2.05) is 13.0 Å². The van der Waals surface area contributed by atoms with Crippen molar-refractivity contribution in [1.82, 2.24) is 9.62 Å². The van der Waals surface area contributed by atoms with Crippen molar-refractivity contribution in [3.05, 3.63) is 29.3 Å². The summed E-state index contributed by atoms with van der Waals surface area (Å²) in [5.41, 5.74) is 6.79. The Kier molecular flexibility index (Phi) is 6.77. The Morgan fingerprint density at radius 1 is 1.48 bits per heavy atom. The number of nitrogens with zero attached hydrogens (tertiary/aromatic N) is 1. The topological polar surface area (TPSA) is 111 Å². The summed E-state index contributed by atoms with van der Waals surface area (Å²) in [6.45, 7) is 3.64. The Morgan fingerprint density at radius 2 is 2.24 bits per heavy atom. The third-order valence-electron chi connectivity index (χ3n) is 3.82. The van der Waals surface area contributed by atoms with Crippen LogP contribution in [0.4, 0.5) is 0 Å². The number of carbonyl (C=O) groups is 1. The van der Waals surface area contributed by atoms with Gasteiger partial charge in [-0.3, -0.25) is 4.79 Å². The summed E-state index contributed by atoms with van der Waals surface area (Å²) in [6.07, 6.45) is 0.785. The molecule has 8 nitrogen and oxygen atoms in total. The molecule has 1 aromatic carbocycles. The molecule has 1 fully saturated rings. The number of hydrogen-bond donors (Lipinski definition) is 2. The minimum atomic E-state index is -3.26. The molecule has 0 unspecified atom stereocenters. The third kappa shape index (κ3) is 5.67. The number of benzene rings is 1. The number of rotatable bonds is 7. The zero-order valence-corrected chi connectivity index (χ0v) is 15.3. The van der Waals surface area contributed by atoms with Crippen LogP contribution < -0.4 is 15.8 Å². The van der Waals surface area contributed by atoms with Gasteiger partial charge in [-0.2, -0.15) is 4.31 Å². The number of ether oxygens (including phenoxy) is 2. The van der Waals surface area contributed by atoms with Gasteiger partial charge in [0.05, 0.1) is 24.5 Å². The first-order valence-corrected chi connectivity index (χ1v) is 9.94. The van der Waals surface area contributed by atoms with Gasteiger partial charge < -0.3 is 20.5 Å². The number of morpholine rings is 1. The van der Waals surface area contributed by atoms with Crippen molar-refractivity contribution in [2.45, 2.75) is 13.0 Å². The van der Waals surface area contributed by atoms with Crippen molar-refractivity contribution >= 4 is 15.9 Å². The molecule has 0 saturated carbocycles. The van der Waals surface area contributed by atoms with Gasteiger partial charge >= 0.3 is 0 Å². The zero-order chi connectivity index (χ0) is 18.4. The van der Waals surface area contributed by atoms with E-state index in [9.17, 15) is 13.2 Å². The van der Waals surface area contributed by atoms with Crippen molar-refractivity contribution in [2.75, 3.05) is 45.6 Å². The number of aryl methyl sites for hydroxylation is 1. The molecular formula is C16H25N3O5S. The lowest BCUT2D eigenvalue weighted by atomic mass is 10.1. The summed E-state index contributed by atoms with van der Waals surface area (Å²) < 4.78 is 35.7. The maximum Gasteiger partial charge on any atom is 0.255 e. The minimum absolute atomic E-state index is 0.217. The summed E-state index contributed by atoms with van der Waals surface area (Å²) in [5, 5.41) is 2.79. The quantitative estimate of drug-likeness (QED) is 0.682. The SMILES string of the molecule is Cc1ccc(OCCN)c(C(=O)NC[C@@H]2CN(S(C)(=O)=O)CCO2)c1. The maximum absolute atomic E-state index is 12.5. The second-order valence-electron chi connectivity index (χ2n) is 5.96. The van der Waals surface area contributed by atoms with Crippen molar-refractivity contribution in [3.8, 4) is 5.75 Å². The predicted octanol–water partition coefficient (Wildman–Crippen LogP) is -0.277. The van der Waals surface area contributed by atoms with Gasteiger partial charge in [-0.05, 0) is 19.1 Å². The van der Waals surface area contributed by atoms with Gasteiger partial charge in [-0.1, -0.05) is 11.6 Å². The molecule has 0 bridgehead atoms. The molecule has 9 heteroatoms. The van der Waals surface area contributed by atoms with Gasteiger partial charge in [0.2, 0.25) is 10.0 Å². The van der Waals surface area contributed by atoms with Gasteiger partial charge in [-0.25, -0.2) is 8.42 Å². The van der Waals surface area contributed by atoms with Gasteiger partial charge in [0.1, 0.15) is 12.4 Å². The van der Waals surface area contributed by atoms with Gasteiger partial charge in [0, 0.05) is 26.2 Å². The van der Waals surface area contributed by atoms with E-state index in [0.29, 0.717) is 37.6 Å². The second-order valence-corrected chi connectivity index (χ2v) is 7.94. The van der Waals surface area contributed by atoms with E-state index in [1.54, 1.807) is 12.1 Å². The maximum atomic E-state index is 12.5.